The highest BCUT2D eigenvalue weighted by Gasteiger charge is 2.28. The molecule has 0 saturated heterocycles. The topological polar surface area (TPSA) is 94.2 Å². The van der Waals surface area contributed by atoms with E-state index in [0.29, 0.717) is 11.4 Å². The van der Waals surface area contributed by atoms with Crippen LogP contribution in [0.2, 0.25) is 0 Å². The van der Waals surface area contributed by atoms with Gasteiger partial charge in [-0.1, -0.05) is 12.1 Å². The molecule has 164 valence electrons. The van der Waals surface area contributed by atoms with E-state index in [0.717, 1.165) is 15.4 Å². The van der Waals surface area contributed by atoms with Crippen molar-refractivity contribution in [3.63, 3.8) is 0 Å². The molecule has 0 fully saturated rings. The van der Waals surface area contributed by atoms with Crippen molar-refractivity contribution in [1.29, 1.82) is 0 Å². The molecule has 0 radical (unpaired) electrons. The van der Waals surface area contributed by atoms with Crippen LogP contribution in [0.15, 0.2) is 41.3 Å². The molecule has 1 N–H and O–H groups in total. The molecular formula is C21H28N2O6S. The van der Waals surface area contributed by atoms with E-state index in [1.54, 1.807) is 6.07 Å². The molecule has 2 aromatic rings. The zero-order valence-electron chi connectivity index (χ0n) is 17.9. The summed E-state index contributed by atoms with van der Waals surface area (Å²) in [5.74, 6) is 0.251. The number of hydrogen-bond acceptors (Lipinski definition) is 6. The largest absolute Gasteiger partial charge is 0.493 e. The number of carbonyl (C=O) groups is 1. The number of benzene rings is 2. The first kappa shape index (κ1) is 23.7. The van der Waals surface area contributed by atoms with E-state index >= 15 is 0 Å². The molecule has 0 saturated carbocycles. The van der Waals surface area contributed by atoms with Crippen LogP contribution in [-0.2, 0) is 19.6 Å². The molecule has 0 heterocycles. The molecule has 0 unspecified atom stereocenters. The molecule has 0 aliphatic rings. The Balaban J connectivity index is 2.29. The Kier molecular flexibility index (Phi) is 8.22. The summed E-state index contributed by atoms with van der Waals surface area (Å²) in [5.41, 5.74) is 2.61. The van der Waals surface area contributed by atoms with E-state index < -0.39 is 15.9 Å². The summed E-state index contributed by atoms with van der Waals surface area (Å²) in [4.78, 5) is 12.6. The van der Waals surface area contributed by atoms with Crippen LogP contribution in [0.25, 0.3) is 0 Å². The minimum Gasteiger partial charge on any atom is -0.493 e. The fraction of sp³-hybridized carbons (Fsp3) is 0.381. The fourth-order valence-electron chi connectivity index (χ4n) is 2.84. The van der Waals surface area contributed by atoms with Crippen molar-refractivity contribution >= 4 is 21.6 Å². The van der Waals surface area contributed by atoms with Gasteiger partial charge in [0.2, 0.25) is 15.9 Å². The summed E-state index contributed by atoms with van der Waals surface area (Å²) in [7, 11) is 0.382. The van der Waals surface area contributed by atoms with E-state index in [9.17, 15) is 13.2 Å². The van der Waals surface area contributed by atoms with Gasteiger partial charge in [-0.15, -0.1) is 0 Å². The average molecular weight is 437 g/mol. The molecule has 0 aliphatic heterocycles. The van der Waals surface area contributed by atoms with Gasteiger partial charge in [0.05, 0.1) is 32.3 Å². The van der Waals surface area contributed by atoms with Crippen LogP contribution in [0.3, 0.4) is 0 Å². The molecule has 1 amide bonds. The molecule has 9 heteroatoms. The highest BCUT2D eigenvalue weighted by atomic mass is 32.2. The van der Waals surface area contributed by atoms with Crippen molar-refractivity contribution in [2.45, 2.75) is 18.7 Å². The van der Waals surface area contributed by atoms with Crippen LogP contribution in [0.1, 0.15) is 11.1 Å². The van der Waals surface area contributed by atoms with Crippen LogP contribution >= 0.6 is 0 Å². The summed E-state index contributed by atoms with van der Waals surface area (Å²) in [5, 5.41) is 2.79. The quantitative estimate of drug-likeness (QED) is 0.615. The second-order valence-electron chi connectivity index (χ2n) is 6.64. The Morgan fingerprint density at radius 1 is 1.03 bits per heavy atom. The highest BCUT2D eigenvalue weighted by Crippen LogP contribution is 2.30. The molecule has 30 heavy (non-hydrogen) atoms. The van der Waals surface area contributed by atoms with E-state index in [4.69, 9.17) is 14.2 Å². The zero-order chi connectivity index (χ0) is 22.3. The Hall–Kier alpha value is -2.62. The summed E-state index contributed by atoms with van der Waals surface area (Å²) in [6.45, 7) is 3.65. The molecule has 2 aromatic carbocycles. The SMILES string of the molecule is COCCN(CC(=O)Nc1cccc(C)c1C)S(=O)(=O)c1ccc(OC)c(OC)c1. The second-order valence-corrected chi connectivity index (χ2v) is 8.58. The van der Waals surface area contributed by atoms with E-state index in [1.165, 1.54) is 39.5 Å². The number of methoxy groups -OCH3 is 3. The predicted molar refractivity (Wildman–Crippen MR) is 115 cm³/mol. The number of nitrogens with zero attached hydrogens (tertiary/aromatic N) is 1. The maximum Gasteiger partial charge on any atom is 0.243 e. The minimum absolute atomic E-state index is 0.00390. The van der Waals surface area contributed by atoms with E-state index in [1.807, 2.05) is 26.0 Å². The van der Waals surface area contributed by atoms with Crippen LogP contribution in [0, 0.1) is 13.8 Å². The van der Waals surface area contributed by atoms with E-state index in [2.05, 4.69) is 5.32 Å². The summed E-state index contributed by atoms with van der Waals surface area (Å²) in [6.07, 6.45) is 0. The molecule has 0 aromatic heterocycles. The van der Waals surface area contributed by atoms with Crippen molar-refractivity contribution < 1.29 is 27.4 Å². The van der Waals surface area contributed by atoms with Gasteiger partial charge < -0.3 is 19.5 Å². The number of amides is 1. The monoisotopic (exact) mass is 436 g/mol. The van der Waals surface area contributed by atoms with Gasteiger partial charge in [0, 0.05) is 25.4 Å². The number of carbonyl (C=O) groups excluding carboxylic acids is 1. The van der Waals surface area contributed by atoms with E-state index in [-0.39, 0.29) is 30.3 Å². The summed E-state index contributed by atoms with van der Waals surface area (Å²) < 4.78 is 42.9. The first-order valence-electron chi connectivity index (χ1n) is 9.31. The third-order valence-electron chi connectivity index (χ3n) is 4.74. The van der Waals surface area contributed by atoms with Crippen LogP contribution in [-0.4, -0.2) is 59.7 Å². The number of anilines is 1. The summed E-state index contributed by atoms with van der Waals surface area (Å²) >= 11 is 0. The first-order chi connectivity index (χ1) is 14.2. The first-order valence-corrected chi connectivity index (χ1v) is 10.8. The van der Waals surface area contributed by atoms with Crippen molar-refractivity contribution in [2.75, 3.05) is 46.3 Å². The lowest BCUT2D eigenvalue weighted by Gasteiger charge is -2.22. The second kappa shape index (κ2) is 10.4. The maximum absolute atomic E-state index is 13.2. The van der Waals surface area contributed by atoms with Crippen molar-refractivity contribution in [3.8, 4) is 11.5 Å². The van der Waals surface area contributed by atoms with Gasteiger partial charge in [0.15, 0.2) is 11.5 Å². The van der Waals surface area contributed by atoms with Crippen LogP contribution < -0.4 is 14.8 Å². The predicted octanol–water partition coefficient (Wildman–Crippen LogP) is 2.60. The normalized spacial score (nSPS) is 11.4. The fourth-order valence-corrected chi connectivity index (χ4v) is 4.24. The average Bonchev–Trinajstić information content (AvgIpc) is 2.73. The zero-order valence-corrected chi connectivity index (χ0v) is 18.7. The highest BCUT2D eigenvalue weighted by molar-refractivity contribution is 7.89. The van der Waals surface area contributed by atoms with Crippen molar-refractivity contribution in [1.82, 2.24) is 4.31 Å². The lowest BCUT2D eigenvalue weighted by atomic mass is 10.1. The van der Waals surface area contributed by atoms with Gasteiger partial charge >= 0.3 is 0 Å². The van der Waals surface area contributed by atoms with Gasteiger partial charge in [-0.2, -0.15) is 4.31 Å². The standard InChI is InChI=1S/C21H28N2O6S/c1-15-7-6-8-18(16(15)2)22-21(24)14-23(11-12-27-3)30(25,26)17-9-10-19(28-4)20(13-17)29-5/h6-10,13H,11-12,14H2,1-5H3,(H,22,24). The maximum atomic E-state index is 13.2. The number of hydrogen-bond donors (Lipinski definition) is 1. The van der Waals surface area contributed by atoms with Gasteiger partial charge in [-0.25, -0.2) is 8.42 Å². The van der Waals surface area contributed by atoms with Crippen molar-refractivity contribution in [3.05, 3.63) is 47.5 Å². The molecule has 8 nitrogen and oxygen atoms in total. The summed E-state index contributed by atoms with van der Waals surface area (Å²) in [6, 6.07) is 9.85. The van der Waals surface area contributed by atoms with Gasteiger partial charge in [-0.05, 0) is 43.2 Å². The van der Waals surface area contributed by atoms with Crippen LogP contribution in [0.4, 0.5) is 5.69 Å². The van der Waals surface area contributed by atoms with Crippen LogP contribution in [0.5, 0.6) is 11.5 Å². The number of rotatable bonds is 10. The minimum atomic E-state index is -3.98. The van der Waals surface area contributed by atoms with Gasteiger partial charge in [-0.3, -0.25) is 4.79 Å². The number of aryl methyl sites for hydroxylation is 1. The molecule has 2 rings (SSSR count). The molecule has 0 bridgehead atoms. The number of nitrogens with one attached hydrogen (secondary N) is 1. The lowest BCUT2D eigenvalue weighted by molar-refractivity contribution is -0.116. The Labute approximate surface area is 177 Å². The van der Waals surface area contributed by atoms with Crippen molar-refractivity contribution in [2.24, 2.45) is 0 Å². The van der Waals surface area contributed by atoms with Gasteiger partial charge in [0.1, 0.15) is 0 Å². The van der Waals surface area contributed by atoms with Gasteiger partial charge in [0.25, 0.3) is 0 Å². The molecule has 0 spiro atoms. The Bertz CT molecular complexity index is 991. The smallest absolute Gasteiger partial charge is 0.243 e. The molecule has 0 aliphatic carbocycles. The molecule has 0 atom stereocenters. The lowest BCUT2D eigenvalue weighted by Crippen LogP contribution is -2.40. The number of ether oxygens (including phenoxy) is 3. The Morgan fingerprint density at radius 3 is 2.37 bits per heavy atom. The molecular weight excluding hydrogens is 408 g/mol. The Morgan fingerprint density at radius 2 is 1.73 bits per heavy atom. The third kappa shape index (κ3) is 5.50. The third-order valence-corrected chi connectivity index (χ3v) is 6.58. The number of sulfonamides is 1.